The third kappa shape index (κ3) is 4.84. The van der Waals surface area contributed by atoms with Crippen LogP contribution in [0.15, 0.2) is 36.4 Å². The highest BCUT2D eigenvalue weighted by Gasteiger charge is 2.29. The molecule has 0 radical (unpaired) electrons. The Morgan fingerprint density at radius 1 is 1.08 bits per heavy atom. The van der Waals surface area contributed by atoms with Gasteiger partial charge in [-0.2, -0.15) is 0 Å². The van der Waals surface area contributed by atoms with Gasteiger partial charge in [0.15, 0.2) is 11.6 Å². The van der Waals surface area contributed by atoms with Crippen LogP contribution in [0.1, 0.15) is 6.92 Å². The van der Waals surface area contributed by atoms with Gasteiger partial charge < -0.3 is 5.32 Å². The minimum Gasteiger partial charge on any atom is -0.324 e. The van der Waals surface area contributed by atoms with E-state index in [1.807, 2.05) is 0 Å². The molecule has 0 aliphatic heterocycles. The molecule has 0 heterocycles. The van der Waals surface area contributed by atoms with Crippen molar-refractivity contribution in [3.8, 4) is 0 Å². The van der Waals surface area contributed by atoms with Crippen molar-refractivity contribution in [3.05, 3.63) is 58.1 Å². The van der Waals surface area contributed by atoms with E-state index in [0.717, 1.165) is 28.8 Å². The Balaban J connectivity index is 2.35. The maximum Gasteiger partial charge on any atom is 0.247 e. The fourth-order valence-electron chi connectivity index (χ4n) is 2.30. The van der Waals surface area contributed by atoms with Crippen molar-refractivity contribution in [3.63, 3.8) is 0 Å². The molecule has 0 aliphatic carbocycles. The summed E-state index contributed by atoms with van der Waals surface area (Å²) in [5, 5.41) is 2.72. The van der Waals surface area contributed by atoms with Crippen LogP contribution in [0.5, 0.6) is 0 Å². The zero-order valence-corrected chi connectivity index (χ0v) is 16.0. The summed E-state index contributed by atoms with van der Waals surface area (Å²) in [6.07, 6.45) is 0.920. The van der Waals surface area contributed by atoms with Crippen LogP contribution in [0.4, 0.5) is 20.2 Å². The Labute approximate surface area is 159 Å². The van der Waals surface area contributed by atoms with Gasteiger partial charge >= 0.3 is 0 Å². The van der Waals surface area contributed by atoms with Crippen molar-refractivity contribution in [1.29, 1.82) is 0 Å². The summed E-state index contributed by atoms with van der Waals surface area (Å²) in [5.41, 5.74) is 0.0799. The third-order valence-electron chi connectivity index (χ3n) is 3.38. The molecule has 0 fully saturated rings. The number of halogens is 4. The third-order valence-corrected chi connectivity index (χ3v) is 5.06. The maximum atomic E-state index is 13.3. The molecule has 5 nitrogen and oxygen atoms in total. The highest BCUT2D eigenvalue weighted by atomic mass is 35.5. The molecule has 0 saturated carbocycles. The molecule has 2 aromatic rings. The Bertz CT molecular complexity index is 934. The second-order valence-electron chi connectivity index (χ2n) is 5.48. The van der Waals surface area contributed by atoms with Crippen molar-refractivity contribution >= 4 is 50.5 Å². The number of amides is 1. The molecule has 0 bridgehead atoms. The normalized spacial score (nSPS) is 12.5. The number of carbonyl (C=O) groups excluding carboxylic acids is 1. The van der Waals surface area contributed by atoms with Crippen molar-refractivity contribution in [1.82, 2.24) is 0 Å². The van der Waals surface area contributed by atoms with Gasteiger partial charge in [0.05, 0.1) is 11.9 Å². The summed E-state index contributed by atoms with van der Waals surface area (Å²) in [7, 11) is -3.88. The molecule has 1 N–H and O–H groups in total. The van der Waals surface area contributed by atoms with Crippen molar-refractivity contribution in [2.24, 2.45) is 0 Å². The topological polar surface area (TPSA) is 66.5 Å². The number of rotatable bonds is 5. The summed E-state index contributed by atoms with van der Waals surface area (Å²) in [4.78, 5) is 12.4. The number of anilines is 2. The van der Waals surface area contributed by atoms with Crippen LogP contribution in [-0.4, -0.2) is 26.6 Å². The number of nitrogens with zero attached hydrogens (tertiary/aromatic N) is 1. The van der Waals surface area contributed by atoms with E-state index < -0.39 is 33.6 Å². The number of hydrogen-bond donors (Lipinski definition) is 1. The van der Waals surface area contributed by atoms with E-state index >= 15 is 0 Å². The predicted octanol–water partition coefficient (Wildman–Crippen LogP) is 4.06. The smallest absolute Gasteiger partial charge is 0.247 e. The first-order valence-electron chi connectivity index (χ1n) is 7.20. The number of nitrogens with one attached hydrogen (secondary N) is 1. The van der Waals surface area contributed by atoms with E-state index in [-0.39, 0.29) is 21.4 Å². The summed E-state index contributed by atoms with van der Waals surface area (Å²) in [5.74, 6) is -2.96. The number of benzene rings is 2. The molecule has 10 heteroatoms. The van der Waals surface area contributed by atoms with Gasteiger partial charge in [-0.05, 0) is 37.3 Å². The second-order valence-corrected chi connectivity index (χ2v) is 8.21. The molecule has 2 aromatic carbocycles. The van der Waals surface area contributed by atoms with E-state index in [0.29, 0.717) is 0 Å². The summed E-state index contributed by atoms with van der Waals surface area (Å²) >= 11 is 11.8. The monoisotopic (exact) mass is 422 g/mol. The minimum absolute atomic E-state index is 0.0154. The van der Waals surface area contributed by atoms with Crippen LogP contribution in [0.3, 0.4) is 0 Å². The predicted molar refractivity (Wildman–Crippen MR) is 98.2 cm³/mol. The van der Waals surface area contributed by atoms with E-state index in [4.69, 9.17) is 23.2 Å². The standard InChI is InChI=1S/C16H14Cl2F2N2O3S/c1-9(16(23)21-12-3-4-14(19)15(20)8-12)22(26(2,24)25)13-6-10(17)5-11(18)7-13/h3-9H,1-2H3,(H,21,23)/t9-/m0/s1. The molecule has 0 spiro atoms. The molecule has 0 aliphatic rings. The van der Waals surface area contributed by atoms with Gasteiger partial charge in [-0.15, -0.1) is 0 Å². The van der Waals surface area contributed by atoms with E-state index in [9.17, 15) is 22.0 Å². The van der Waals surface area contributed by atoms with E-state index in [1.165, 1.54) is 25.1 Å². The Morgan fingerprint density at radius 2 is 1.65 bits per heavy atom. The fourth-order valence-corrected chi connectivity index (χ4v) is 3.97. The molecule has 0 aromatic heterocycles. The number of carbonyl (C=O) groups is 1. The molecule has 26 heavy (non-hydrogen) atoms. The van der Waals surface area contributed by atoms with Gasteiger partial charge in [0.25, 0.3) is 0 Å². The van der Waals surface area contributed by atoms with Gasteiger partial charge in [-0.3, -0.25) is 9.10 Å². The quantitative estimate of drug-likeness (QED) is 0.789. The van der Waals surface area contributed by atoms with Crippen LogP contribution < -0.4 is 9.62 Å². The van der Waals surface area contributed by atoms with Gasteiger partial charge in [-0.1, -0.05) is 23.2 Å². The van der Waals surface area contributed by atoms with Gasteiger partial charge in [0.2, 0.25) is 15.9 Å². The largest absolute Gasteiger partial charge is 0.324 e. The number of hydrogen-bond acceptors (Lipinski definition) is 3. The molecule has 140 valence electrons. The van der Waals surface area contributed by atoms with Crippen LogP contribution in [-0.2, 0) is 14.8 Å². The first-order chi connectivity index (χ1) is 12.0. The average Bonchev–Trinajstić information content (AvgIpc) is 2.48. The van der Waals surface area contributed by atoms with Crippen molar-refractivity contribution in [2.45, 2.75) is 13.0 Å². The molecular formula is C16H14Cl2F2N2O3S. The average molecular weight is 423 g/mol. The number of sulfonamides is 1. The zero-order valence-electron chi connectivity index (χ0n) is 13.6. The van der Waals surface area contributed by atoms with Gasteiger partial charge in [0.1, 0.15) is 6.04 Å². The molecule has 1 amide bonds. The van der Waals surface area contributed by atoms with Crippen LogP contribution in [0.25, 0.3) is 0 Å². The Kier molecular flexibility index (Phi) is 6.10. The molecular weight excluding hydrogens is 409 g/mol. The van der Waals surface area contributed by atoms with E-state index in [2.05, 4.69) is 5.32 Å². The summed E-state index contributed by atoms with van der Waals surface area (Å²) in [6, 6.07) is 5.68. The van der Waals surface area contributed by atoms with Crippen molar-refractivity contribution < 1.29 is 22.0 Å². The Hall–Kier alpha value is -1.90. The lowest BCUT2D eigenvalue weighted by atomic mass is 10.2. The minimum atomic E-state index is -3.88. The van der Waals surface area contributed by atoms with Crippen LogP contribution >= 0.6 is 23.2 Å². The first kappa shape index (κ1) is 20.4. The lowest BCUT2D eigenvalue weighted by Gasteiger charge is -2.28. The molecule has 0 unspecified atom stereocenters. The molecule has 1 atom stereocenters. The zero-order chi connectivity index (χ0) is 19.6. The van der Waals surface area contributed by atoms with Gasteiger partial charge in [0, 0.05) is 21.8 Å². The Morgan fingerprint density at radius 3 is 2.15 bits per heavy atom. The van der Waals surface area contributed by atoms with Crippen LogP contribution in [0, 0.1) is 11.6 Å². The summed E-state index contributed by atoms with van der Waals surface area (Å²) in [6.45, 7) is 1.34. The van der Waals surface area contributed by atoms with Crippen molar-refractivity contribution in [2.75, 3.05) is 15.9 Å². The van der Waals surface area contributed by atoms with Gasteiger partial charge in [-0.25, -0.2) is 17.2 Å². The second kappa shape index (κ2) is 7.77. The molecule has 0 saturated heterocycles. The SMILES string of the molecule is C[C@@H](C(=O)Nc1ccc(F)c(F)c1)N(c1cc(Cl)cc(Cl)c1)S(C)(=O)=O. The van der Waals surface area contributed by atoms with E-state index in [1.54, 1.807) is 0 Å². The highest BCUT2D eigenvalue weighted by Crippen LogP contribution is 2.29. The maximum absolute atomic E-state index is 13.3. The first-order valence-corrected chi connectivity index (χ1v) is 9.81. The lowest BCUT2D eigenvalue weighted by molar-refractivity contribution is -0.116. The highest BCUT2D eigenvalue weighted by molar-refractivity contribution is 7.92. The van der Waals surface area contributed by atoms with Crippen LogP contribution in [0.2, 0.25) is 10.0 Å². The lowest BCUT2D eigenvalue weighted by Crippen LogP contribution is -2.45. The fraction of sp³-hybridized carbons (Fsp3) is 0.188. The molecule has 2 rings (SSSR count). The summed E-state index contributed by atoms with van der Waals surface area (Å²) < 4.78 is 51.5.